The molecule has 4 aromatic rings. The van der Waals surface area contributed by atoms with E-state index in [0.717, 1.165) is 23.1 Å². The van der Waals surface area contributed by atoms with Crippen LogP contribution in [0.5, 0.6) is 5.88 Å². The number of pyridine rings is 2. The fraction of sp³-hybridized carbons (Fsp3) is 0.345. The lowest BCUT2D eigenvalue weighted by molar-refractivity contribution is 0.0977. The smallest absolute Gasteiger partial charge is 0.285 e. The summed E-state index contributed by atoms with van der Waals surface area (Å²) in [6.07, 6.45) is 2.60. The highest BCUT2D eigenvalue weighted by Crippen LogP contribution is 2.30. The maximum atomic E-state index is 13.7. The molecule has 0 bridgehead atoms. The fourth-order valence-electron chi connectivity index (χ4n) is 5.28. The number of benzene rings is 1. The largest absolute Gasteiger partial charge is 0.481 e. The summed E-state index contributed by atoms with van der Waals surface area (Å²) >= 11 is 6.03. The Balaban J connectivity index is 1.47. The average molecular weight is 641 g/mol. The number of ether oxygens (including phenoxy) is 1. The molecule has 1 atom stereocenters. The Hall–Kier alpha value is -4.43. The van der Waals surface area contributed by atoms with Crippen molar-refractivity contribution in [2.45, 2.75) is 19.9 Å². The zero-order valence-corrected chi connectivity index (χ0v) is 26.5. The molecule has 5 rings (SSSR count). The van der Waals surface area contributed by atoms with Crippen molar-refractivity contribution in [1.29, 1.82) is 0 Å². The van der Waals surface area contributed by atoms with E-state index in [2.05, 4.69) is 25.1 Å². The highest BCUT2D eigenvalue weighted by molar-refractivity contribution is 7.89. The fourth-order valence-corrected chi connectivity index (χ4v) is 5.86. The molecule has 232 valence electrons. The van der Waals surface area contributed by atoms with Gasteiger partial charge in [0.1, 0.15) is 5.15 Å². The van der Waals surface area contributed by atoms with Crippen molar-refractivity contribution in [3.05, 3.63) is 74.9 Å². The predicted molar refractivity (Wildman–Crippen MR) is 171 cm³/mol. The first-order chi connectivity index (χ1) is 20.8. The van der Waals surface area contributed by atoms with Crippen LogP contribution < -0.4 is 30.1 Å². The number of nitrogens with zero attached hydrogens (tertiary/aromatic N) is 6. The number of aromatic nitrogens is 4. The molecule has 0 saturated carbocycles. The molecule has 0 aliphatic carbocycles. The Morgan fingerprint density at radius 2 is 1.77 bits per heavy atom. The first kappa shape index (κ1) is 31.0. The molecule has 44 heavy (non-hydrogen) atoms. The molecule has 0 radical (unpaired) electrons. The van der Waals surface area contributed by atoms with Crippen LogP contribution in [0.25, 0.3) is 10.9 Å². The van der Waals surface area contributed by atoms with E-state index in [1.807, 2.05) is 42.8 Å². The number of carbonyl (C=O) groups is 1. The van der Waals surface area contributed by atoms with Crippen molar-refractivity contribution >= 4 is 55.8 Å². The number of amides is 1. The molecule has 0 unspecified atom stereocenters. The number of nitrogens with one attached hydrogen (secondary N) is 2. The average Bonchev–Trinajstić information content (AvgIpc) is 2.99. The Morgan fingerprint density at radius 3 is 2.45 bits per heavy atom. The molecular weight excluding hydrogens is 608 g/mol. The molecule has 4 heterocycles. The SMILES string of the molecule is COc1cc(N2CCN(c3nc4c([C@@H](C)Nc5ccc(Cl)nc5C(=O)NS(C)(=O)=O)cc(C)cc4c(=O)n3C)CC2)ccn1. The maximum absolute atomic E-state index is 13.7. The topological polar surface area (TPSA) is 152 Å². The summed E-state index contributed by atoms with van der Waals surface area (Å²) in [6, 6.07) is 10.2. The number of fused-ring (bicyclic) bond motifs is 1. The zero-order chi connectivity index (χ0) is 31.8. The third-order valence-corrected chi connectivity index (χ3v) is 8.15. The summed E-state index contributed by atoms with van der Waals surface area (Å²) in [6.45, 7) is 6.46. The monoisotopic (exact) mass is 640 g/mol. The van der Waals surface area contributed by atoms with Crippen molar-refractivity contribution in [1.82, 2.24) is 24.2 Å². The predicted octanol–water partition coefficient (Wildman–Crippen LogP) is 2.88. The number of sulfonamides is 1. The number of piperazine rings is 1. The van der Waals surface area contributed by atoms with Crippen LogP contribution in [0.15, 0.2) is 47.4 Å². The van der Waals surface area contributed by atoms with Gasteiger partial charge in [-0.2, -0.15) is 0 Å². The van der Waals surface area contributed by atoms with Gasteiger partial charge < -0.3 is 19.9 Å². The number of carbonyl (C=O) groups excluding carboxylic acids is 1. The molecule has 1 aliphatic rings. The lowest BCUT2D eigenvalue weighted by Crippen LogP contribution is -2.48. The van der Waals surface area contributed by atoms with Gasteiger partial charge in [0, 0.05) is 56.7 Å². The van der Waals surface area contributed by atoms with Gasteiger partial charge in [0.05, 0.1) is 36.0 Å². The van der Waals surface area contributed by atoms with Crippen LogP contribution in [-0.4, -0.2) is 73.4 Å². The summed E-state index contributed by atoms with van der Waals surface area (Å²) in [7, 11) is -0.528. The molecule has 13 nitrogen and oxygen atoms in total. The minimum atomic E-state index is -3.84. The van der Waals surface area contributed by atoms with Crippen LogP contribution in [0, 0.1) is 6.92 Å². The number of rotatable bonds is 8. The summed E-state index contributed by atoms with van der Waals surface area (Å²) in [5, 5.41) is 3.74. The van der Waals surface area contributed by atoms with Crippen molar-refractivity contribution in [2.75, 3.05) is 54.7 Å². The third kappa shape index (κ3) is 6.55. The first-order valence-corrected chi connectivity index (χ1v) is 16.1. The maximum Gasteiger partial charge on any atom is 0.285 e. The second-order valence-electron chi connectivity index (χ2n) is 10.7. The molecule has 1 aliphatic heterocycles. The molecule has 1 aromatic carbocycles. The molecule has 3 aromatic heterocycles. The number of hydrogen-bond donors (Lipinski definition) is 2. The molecule has 1 amide bonds. The molecular formula is C29H33ClN8O5S. The number of methoxy groups -OCH3 is 1. The van der Waals surface area contributed by atoms with Crippen molar-refractivity contribution in [3.8, 4) is 5.88 Å². The summed E-state index contributed by atoms with van der Waals surface area (Å²) in [5.41, 5.74) is 3.04. The van der Waals surface area contributed by atoms with E-state index in [-0.39, 0.29) is 22.1 Å². The normalized spacial score (nSPS) is 14.4. The standard InChI is InChI=1S/C29H33ClN8O5S/c1-17-14-20(18(2)32-22-6-7-23(30)33-26(22)27(39)35-44(5,41)42)25-21(15-17)28(40)36(3)29(34-25)38-12-10-37(11-13-38)19-8-9-31-24(16-19)43-4/h6-9,14-16,18,32H,10-13H2,1-5H3,(H,35,39)/t18-/m1/s1. The van der Waals surface area contributed by atoms with Gasteiger partial charge in [-0.1, -0.05) is 17.7 Å². The number of hydrogen-bond acceptors (Lipinski definition) is 11. The van der Waals surface area contributed by atoms with Crippen LogP contribution in [0.1, 0.15) is 34.6 Å². The molecule has 1 saturated heterocycles. The van der Waals surface area contributed by atoms with E-state index in [0.29, 0.717) is 48.9 Å². The Bertz CT molecular complexity index is 1910. The molecule has 15 heteroatoms. The highest BCUT2D eigenvalue weighted by atomic mass is 35.5. The second kappa shape index (κ2) is 12.3. The van der Waals surface area contributed by atoms with Crippen molar-refractivity contribution < 1.29 is 17.9 Å². The van der Waals surface area contributed by atoms with E-state index >= 15 is 0 Å². The molecule has 2 N–H and O–H groups in total. The lowest BCUT2D eigenvalue weighted by atomic mass is 10.0. The second-order valence-corrected chi connectivity index (χ2v) is 12.8. The van der Waals surface area contributed by atoms with E-state index in [9.17, 15) is 18.0 Å². The lowest BCUT2D eigenvalue weighted by Gasteiger charge is -2.37. The van der Waals surface area contributed by atoms with Gasteiger partial charge in [0.15, 0.2) is 5.69 Å². The van der Waals surface area contributed by atoms with Crippen molar-refractivity contribution in [2.24, 2.45) is 7.05 Å². The van der Waals surface area contributed by atoms with E-state index in [1.54, 1.807) is 31.0 Å². The van der Waals surface area contributed by atoms with Crippen LogP contribution in [0.4, 0.5) is 17.3 Å². The van der Waals surface area contributed by atoms with Gasteiger partial charge in [-0.25, -0.2) is 28.1 Å². The Morgan fingerprint density at radius 1 is 1.07 bits per heavy atom. The van der Waals surface area contributed by atoms with E-state index < -0.39 is 22.0 Å². The molecule has 1 fully saturated rings. The van der Waals surface area contributed by atoms with Gasteiger partial charge >= 0.3 is 0 Å². The molecule has 0 spiro atoms. The summed E-state index contributed by atoms with van der Waals surface area (Å²) < 4.78 is 32.2. The minimum absolute atomic E-state index is 0.0285. The first-order valence-electron chi connectivity index (χ1n) is 13.8. The summed E-state index contributed by atoms with van der Waals surface area (Å²) in [4.78, 5) is 44.0. The zero-order valence-electron chi connectivity index (χ0n) is 25.0. The highest BCUT2D eigenvalue weighted by Gasteiger charge is 2.25. The van der Waals surface area contributed by atoms with E-state index in [1.165, 1.54) is 6.07 Å². The van der Waals surface area contributed by atoms with Crippen LogP contribution in [0.2, 0.25) is 5.15 Å². The van der Waals surface area contributed by atoms with Crippen LogP contribution in [0.3, 0.4) is 0 Å². The van der Waals surface area contributed by atoms with Crippen LogP contribution >= 0.6 is 11.6 Å². The number of aryl methyl sites for hydroxylation is 1. The van der Waals surface area contributed by atoms with Gasteiger partial charge in [-0.3, -0.25) is 14.2 Å². The van der Waals surface area contributed by atoms with Crippen LogP contribution in [-0.2, 0) is 17.1 Å². The van der Waals surface area contributed by atoms with Gasteiger partial charge in [0.25, 0.3) is 11.5 Å². The minimum Gasteiger partial charge on any atom is -0.481 e. The Kier molecular flexibility index (Phi) is 8.66. The van der Waals surface area contributed by atoms with E-state index in [4.69, 9.17) is 21.3 Å². The summed E-state index contributed by atoms with van der Waals surface area (Å²) in [5.74, 6) is 0.178. The quantitative estimate of drug-likeness (QED) is 0.274. The number of halogens is 1. The van der Waals surface area contributed by atoms with Crippen molar-refractivity contribution in [3.63, 3.8) is 0 Å². The Labute approximate surface area is 259 Å². The van der Waals surface area contributed by atoms with Gasteiger partial charge in [-0.05, 0) is 43.7 Å². The van der Waals surface area contributed by atoms with Gasteiger partial charge in [-0.15, -0.1) is 0 Å². The number of anilines is 3. The third-order valence-electron chi connectivity index (χ3n) is 7.38. The van der Waals surface area contributed by atoms with Gasteiger partial charge in [0.2, 0.25) is 21.9 Å².